The molecule has 1 aliphatic heterocycles. The van der Waals surface area contributed by atoms with Crippen LogP contribution in [0.15, 0.2) is 78.5 Å². The molecule has 1 saturated heterocycles. The second kappa shape index (κ2) is 10.7. The third-order valence-corrected chi connectivity index (χ3v) is 7.42. The fourth-order valence-electron chi connectivity index (χ4n) is 5.16. The van der Waals surface area contributed by atoms with Crippen LogP contribution in [0.5, 0.6) is 11.5 Å². The summed E-state index contributed by atoms with van der Waals surface area (Å²) in [7, 11) is 3.19. The van der Waals surface area contributed by atoms with Crippen molar-refractivity contribution in [3.63, 3.8) is 0 Å². The predicted molar refractivity (Wildman–Crippen MR) is 151 cm³/mol. The molecule has 1 aliphatic rings. The number of rotatable bonds is 8. The molecule has 1 amide bonds. The lowest BCUT2D eigenvalue weighted by molar-refractivity contribution is -0.139. The molecule has 1 fully saturated rings. The average Bonchev–Trinajstić information content (AvgIpc) is 3.48. The van der Waals surface area contributed by atoms with E-state index in [4.69, 9.17) is 9.47 Å². The third kappa shape index (κ3) is 4.88. The number of aromatic amines is 1. The number of ketones is 1. The maximum atomic E-state index is 13.4. The number of benzene rings is 3. The molecule has 0 aliphatic carbocycles. The number of nitrogens with zero attached hydrogens (tertiary/aromatic N) is 1. The minimum atomic E-state index is -0.715. The molecule has 2 heterocycles. The molecule has 5 rings (SSSR count). The number of Topliss-reactive ketones (excluding diaryl/α,β-unsaturated/α-hetero) is 1. The first-order valence-electron chi connectivity index (χ1n) is 13.0. The van der Waals surface area contributed by atoms with Crippen LogP contribution in [-0.4, -0.2) is 47.4 Å². The maximum Gasteiger partial charge on any atom is 0.295 e. The SMILES string of the molecule is COc1ccc(C(O)=C2C(=O)C(=O)N(CCc3c[nH]c4ccc(OC)cc34)[C@@H]2c2ccc(C(C)C)cc2)cc1. The highest BCUT2D eigenvalue weighted by atomic mass is 16.5. The van der Waals surface area contributed by atoms with Crippen LogP contribution in [0.1, 0.15) is 48.1 Å². The van der Waals surface area contributed by atoms with Crippen molar-refractivity contribution in [2.24, 2.45) is 0 Å². The summed E-state index contributed by atoms with van der Waals surface area (Å²) in [4.78, 5) is 31.7. The molecule has 7 heteroatoms. The van der Waals surface area contributed by atoms with Crippen molar-refractivity contribution in [1.82, 2.24) is 9.88 Å². The Morgan fingerprint density at radius 1 is 0.949 bits per heavy atom. The summed E-state index contributed by atoms with van der Waals surface area (Å²) >= 11 is 0. The molecule has 200 valence electrons. The number of nitrogens with one attached hydrogen (secondary N) is 1. The number of methoxy groups -OCH3 is 2. The summed E-state index contributed by atoms with van der Waals surface area (Å²) in [6.45, 7) is 4.52. The van der Waals surface area contributed by atoms with Gasteiger partial charge >= 0.3 is 0 Å². The molecule has 0 unspecified atom stereocenters. The third-order valence-electron chi connectivity index (χ3n) is 7.42. The number of fused-ring (bicyclic) bond motifs is 1. The first-order chi connectivity index (χ1) is 18.8. The zero-order valence-electron chi connectivity index (χ0n) is 22.5. The van der Waals surface area contributed by atoms with Gasteiger partial charge in [-0.2, -0.15) is 0 Å². The molecule has 39 heavy (non-hydrogen) atoms. The van der Waals surface area contributed by atoms with Crippen LogP contribution in [0.3, 0.4) is 0 Å². The summed E-state index contributed by atoms with van der Waals surface area (Å²) in [5.74, 6) is 0.191. The smallest absolute Gasteiger partial charge is 0.295 e. The van der Waals surface area contributed by atoms with Gasteiger partial charge in [0.2, 0.25) is 0 Å². The van der Waals surface area contributed by atoms with Gasteiger partial charge in [-0.25, -0.2) is 0 Å². The molecule has 0 saturated carbocycles. The van der Waals surface area contributed by atoms with Gasteiger partial charge in [0.1, 0.15) is 17.3 Å². The standard InChI is InChI=1S/C32H32N2O5/c1-19(2)20-5-7-21(8-6-20)29-28(30(35)22-9-11-24(38-3)12-10-22)31(36)32(37)34(29)16-15-23-18-33-27-14-13-25(39-4)17-26(23)27/h5-14,17-19,29,33,35H,15-16H2,1-4H3/t29-/m1/s1. The van der Waals surface area contributed by atoms with Crippen molar-refractivity contribution in [2.45, 2.75) is 32.2 Å². The summed E-state index contributed by atoms with van der Waals surface area (Å²) in [5, 5.41) is 12.3. The zero-order valence-corrected chi connectivity index (χ0v) is 22.5. The maximum absolute atomic E-state index is 13.4. The molecular formula is C32H32N2O5. The number of aliphatic hydroxyl groups is 1. The number of amides is 1. The Labute approximate surface area is 227 Å². The predicted octanol–water partition coefficient (Wildman–Crippen LogP) is 5.97. The van der Waals surface area contributed by atoms with Gasteiger partial charge in [-0.3, -0.25) is 9.59 Å². The van der Waals surface area contributed by atoms with Crippen LogP contribution >= 0.6 is 0 Å². The molecule has 7 nitrogen and oxygen atoms in total. The molecule has 1 aromatic heterocycles. The molecular weight excluding hydrogens is 492 g/mol. The highest BCUT2D eigenvalue weighted by Gasteiger charge is 2.45. The largest absolute Gasteiger partial charge is 0.507 e. The number of carbonyl (C=O) groups excluding carboxylic acids is 2. The van der Waals surface area contributed by atoms with Crippen LogP contribution in [0.2, 0.25) is 0 Å². The molecule has 4 aromatic rings. The van der Waals surface area contributed by atoms with Crippen molar-refractivity contribution < 1.29 is 24.2 Å². The lowest BCUT2D eigenvalue weighted by atomic mass is 9.93. The first-order valence-corrected chi connectivity index (χ1v) is 13.0. The number of carbonyl (C=O) groups is 2. The Hall–Kier alpha value is -4.52. The van der Waals surface area contributed by atoms with E-state index in [2.05, 4.69) is 18.8 Å². The summed E-state index contributed by atoms with van der Waals surface area (Å²) in [5.41, 5.74) is 4.43. The second-order valence-electron chi connectivity index (χ2n) is 10.0. The fraction of sp³-hybridized carbons (Fsp3) is 0.250. The summed E-state index contributed by atoms with van der Waals surface area (Å²) in [6.07, 6.45) is 2.44. The average molecular weight is 525 g/mol. The van der Waals surface area contributed by atoms with Crippen molar-refractivity contribution in [1.29, 1.82) is 0 Å². The summed E-state index contributed by atoms with van der Waals surface area (Å²) in [6, 6.07) is 19.8. The van der Waals surface area contributed by atoms with Crippen LogP contribution < -0.4 is 9.47 Å². The summed E-state index contributed by atoms with van der Waals surface area (Å²) < 4.78 is 10.6. The second-order valence-corrected chi connectivity index (χ2v) is 10.0. The van der Waals surface area contributed by atoms with Gasteiger partial charge in [-0.1, -0.05) is 38.1 Å². The van der Waals surface area contributed by atoms with Gasteiger partial charge in [0.25, 0.3) is 11.7 Å². The molecule has 0 radical (unpaired) electrons. The van der Waals surface area contributed by atoms with E-state index in [-0.39, 0.29) is 11.3 Å². The van der Waals surface area contributed by atoms with Gasteiger partial charge in [0, 0.05) is 29.2 Å². The van der Waals surface area contributed by atoms with Gasteiger partial charge < -0.3 is 24.5 Å². The van der Waals surface area contributed by atoms with E-state index in [1.807, 2.05) is 48.7 Å². The van der Waals surface area contributed by atoms with Crippen LogP contribution in [-0.2, 0) is 16.0 Å². The fourth-order valence-corrected chi connectivity index (χ4v) is 5.16. The zero-order chi connectivity index (χ0) is 27.7. The van der Waals surface area contributed by atoms with Crippen LogP contribution in [0.4, 0.5) is 0 Å². The van der Waals surface area contributed by atoms with Gasteiger partial charge in [-0.15, -0.1) is 0 Å². The lowest BCUT2D eigenvalue weighted by Gasteiger charge is -2.25. The number of H-pyrrole nitrogens is 1. The van der Waals surface area contributed by atoms with E-state index >= 15 is 0 Å². The van der Waals surface area contributed by atoms with E-state index in [1.54, 1.807) is 43.4 Å². The Morgan fingerprint density at radius 2 is 1.62 bits per heavy atom. The first kappa shape index (κ1) is 26.1. The molecule has 3 aromatic carbocycles. The monoisotopic (exact) mass is 524 g/mol. The Bertz CT molecular complexity index is 1550. The Balaban J connectivity index is 1.55. The Morgan fingerprint density at radius 3 is 2.26 bits per heavy atom. The molecule has 0 spiro atoms. The number of hydrogen-bond acceptors (Lipinski definition) is 5. The van der Waals surface area contributed by atoms with Crippen LogP contribution in [0.25, 0.3) is 16.7 Å². The van der Waals surface area contributed by atoms with Crippen LogP contribution in [0, 0.1) is 0 Å². The van der Waals surface area contributed by atoms with E-state index in [9.17, 15) is 14.7 Å². The minimum absolute atomic E-state index is 0.0862. The number of aromatic nitrogens is 1. The highest BCUT2D eigenvalue weighted by molar-refractivity contribution is 6.46. The molecule has 1 atom stereocenters. The van der Waals surface area contributed by atoms with Gasteiger partial charge in [0.15, 0.2) is 0 Å². The number of ether oxygens (including phenoxy) is 2. The number of hydrogen-bond donors (Lipinski definition) is 2. The normalized spacial score (nSPS) is 16.8. The van der Waals surface area contributed by atoms with Crippen molar-refractivity contribution in [3.05, 3.63) is 101 Å². The topological polar surface area (TPSA) is 91.9 Å². The van der Waals surface area contributed by atoms with E-state index < -0.39 is 17.7 Å². The number of likely N-dealkylation sites (tertiary alicyclic amines) is 1. The lowest BCUT2D eigenvalue weighted by Crippen LogP contribution is -2.31. The molecule has 0 bridgehead atoms. The minimum Gasteiger partial charge on any atom is -0.507 e. The van der Waals surface area contributed by atoms with E-state index in [0.29, 0.717) is 30.2 Å². The Kier molecular flexibility index (Phi) is 7.15. The molecule has 2 N–H and O–H groups in total. The van der Waals surface area contributed by atoms with Crippen molar-refractivity contribution >= 4 is 28.4 Å². The highest BCUT2D eigenvalue weighted by Crippen LogP contribution is 2.40. The number of aliphatic hydroxyl groups excluding tert-OH is 1. The quantitative estimate of drug-likeness (QED) is 0.168. The van der Waals surface area contributed by atoms with Crippen molar-refractivity contribution in [2.75, 3.05) is 20.8 Å². The van der Waals surface area contributed by atoms with Gasteiger partial charge in [0.05, 0.1) is 25.8 Å². The van der Waals surface area contributed by atoms with E-state index in [0.717, 1.165) is 33.3 Å². The van der Waals surface area contributed by atoms with Gasteiger partial charge in [-0.05, 0) is 71.5 Å². The van der Waals surface area contributed by atoms with Crippen molar-refractivity contribution in [3.8, 4) is 11.5 Å². The van der Waals surface area contributed by atoms with E-state index in [1.165, 1.54) is 0 Å².